The van der Waals surface area contributed by atoms with Gasteiger partial charge in [-0.15, -0.1) is 0 Å². The molecule has 0 aliphatic carbocycles. The van der Waals surface area contributed by atoms with Crippen LogP contribution >= 0.6 is 27.3 Å². The van der Waals surface area contributed by atoms with E-state index in [1.807, 2.05) is 62.6 Å². The molecule has 0 bridgehead atoms. The molecule has 0 N–H and O–H groups in total. The predicted octanol–water partition coefficient (Wildman–Crippen LogP) is 5.92. The molecule has 6 nitrogen and oxygen atoms in total. The van der Waals surface area contributed by atoms with Gasteiger partial charge >= 0.3 is 5.63 Å². The van der Waals surface area contributed by atoms with Crippen molar-refractivity contribution in [2.45, 2.75) is 6.42 Å². The maximum atomic E-state index is 13.8. The van der Waals surface area contributed by atoms with Gasteiger partial charge < -0.3 is 9.32 Å². The summed E-state index contributed by atoms with van der Waals surface area (Å²) in [7, 11) is 3.98. The molecule has 0 spiro atoms. The van der Waals surface area contributed by atoms with E-state index in [9.17, 15) is 9.59 Å². The van der Waals surface area contributed by atoms with Gasteiger partial charge in [0.25, 0.3) is 5.91 Å². The fourth-order valence-electron chi connectivity index (χ4n) is 4.00. The third kappa shape index (κ3) is 4.36. The summed E-state index contributed by atoms with van der Waals surface area (Å²) in [5, 5.41) is 3.25. The molecule has 1 amide bonds. The standard InChI is InChI=1S/C26H22BrN3O3S/c1-29(2)12-5-13-30(26-28-21-10-9-17(27)14-23(21)34-26)24(31)20-15-19-18-7-4-3-6-16(18)8-11-22(19)33-25(20)32/h3-4,6-11,14-15H,5,12-13H2,1-2H3. The van der Waals surface area contributed by atoms with E-state index >= 15 is 0 Å². The van der Waals surface area contributed by atoms with Crippen molar-refractivity contribution < 1.29 is 9.21 Å². The summed E-state index contributed by atoms with van der Waals surface area (Å²) in [5.74, 6) is -0.402. The Hall–Kier alpha value is -3.07. The van der Waals surface area contributed by atoms with Crippen molar-refractivity contribution in [3.8, 4) is 0 Å². The lowest BCUT2D eigenvalue weighted by Gasteiger charge is -2.20. The molecule has 0 aliphatic rings. The van der Waals surface area contributed by atoms with Crippen LogP contribution in [0.25, 0.3) is 32.0 Å². The predicted molar refractivity (Wildman–Crippen MR) is 142 cm³/mol. The molecule has 0 aliphatic heterocycles. The molecular weight excluding hydrogens is 514 g/mol. The zero-order chi connectivity index (χ0) is 23.8. The van der Waals surface area contributed by atoms with Crippen LogP contribution in [0.2, 0.25) is 0 Å². The van der Waals surface area contributed by atoms with Crippen LogP contribution in [0.5, 0.6) is 0 Å². The Balaban J connectivity index is 1.61. The highest BCUT2D eigenvalue weighted by molar-refractivity contribution is 9.10. The number of thiazole rings is 1. The van der Waals surface area contributed by atoms with Gasteiger partial charge in [0.05, 0.1) is 10.2 Å². The minimum atomic E-state index is -0.644. The number of anilines is 1. The first kappa shape index (κ1) is 22.7. The van der Waals surface area contributed by atoms with Crippen molar-refractivity contribution in [1.82, 2.24) is 9.88 Å². The number of amides is 1. The first-order chi connectivity index (χ1) is 16.4. The molecule has 34 heavy (non-hydrogen) atoms. The topological polar surface area (TPSA) is 66.7 Å². The summed E-state index contributed by atoms with van der Waals surface area (Å²) in [6.07, 6.45) is 0.736. The lowest BCUT2D eigenvalue weighted by Crippen LogP contribution is -2.36. The maximum Gasteiger partial charge on any atom is 0.349 e. The van der Waals surface area contributed by atoms with Crippen LogP contribution in [-0.2, 0) is 0 Å². The Bertz CT molecular complexity index is 1590. The summed E-state index contributed by atoms with van der Waals surface area (Å²) in [6.45, 7) is 1.24. The molecule has 5 rings (SSSR count). The second kappa shape index (κ2) is 9.29. The summed E-state index contributed by atoms with van der Waals surface area (Å²) in [4.78, 5) is 35.0. The van der Waals surface area contributed by atoms with Gasteiger partial charge in [-0.25, -0.2) is 9.78 Å². The third-order valence-electron chi connectivity index (χ3n) is 5.67. The van der Waals surface area contributed by atoms with E-state index in [1.165, 1.54) is 11.3 Å². The van der Waals surface area contributed by atoms with Crippen molar-refractivity contribution in [1.29, 1.82) is 0 Å². The number of hydrogen-bond acceptors (Lipinski definition) is 6. The molecule has 2 heterocycles. The molecule has 8 heteroatoms. The number of hydrogen-bond donors (Lipinski definition) is 0. The molecule has 0 unspecified atom stereocenters. The number of carbonyl (C=O) groups excluding carboxylic acids is 1. The van der Waals surface area contributed by atoms with Crippen molar-refractivity contribution in [2.24, 2.45) is 0 Å². The minimum Gasteiger partial charge on any atom is -0.422 e. The zero-order valence-electron chi connectivity index (χ0n) is 18.7. The maximum absolute atomic E-state index is 13.8. The van der Waals surface area contributed by atoms with Gasteiger partial charge in [-0.05, 0) is 68.2 Å². The van der Waals surface area contributed by atoms with Gasteiger partial charge in [-0.3, -0.25) is 9.69 Å². The fourth-order valence-corrected chi connectivity index (χ4v) is 5.54. The Kier molecular flexibility index (Phi) is 6.20. The molecule has 5 aromatic rings. The molecule has 2 aromatic heterocycles. The highest BCUT2D eigenvalue weighted by Crippen LogP contribution is 2.32. The first-order valence-electron chi connectivity index (χ1n) is 10.9. The number of carbonyl (C=O) groups is 1. The van der Waals surface area contributed by atoms with E-state index in [0.29, 0.717) is 17.3 Å². The third-order valence-corrected chi connectivity index (χ3v) is 7.21. The molecule has 0 radical (unpaired) electrons. The molecule has 0 saturated carbocycles. The van der Waals surface area contributed by atoms with Gasteiger partial charge in [-0.1, -0.05) is 57.6 Å². The molecular formula is C26H22BrN3O3S. The molecule has 0 atom stereocenters. The van der Waals surface area contributed by atoms with Crippen LogP contribution in [0.1, 0.15) is 16.8 Å². The van der Waals surface area contributed by atoms with Gasteiger partial charge in [0.2, 0.25) is 0 Å². The second-order valence-electron chi connectivity index (χ2n) is 8.37. The van der Waals surface area contributed by atoms with Crippen LogP contribution in [0.3, 0.4) is 0 Å². The van der Waals surface area contributed by atoms with Gasteiger partial charge in [0.15, 0.2) is 5.13 Å². The summed E-state index contributed by atoms with van der Waals surface area (Å²) in [5.41, 5.74) is 0.637. The Morgan fingerprint density at radius 1 is 1.03 bits per heavy atom. The van der Waals surface area contributed by atoms with Crippen LogP contribution in [0.4, 0.5) is 5.13 Å². The summed E-state index contributed by atoms with van der Waals surface area (Å²) in [6, 6.07) is 19.0. The summed E-state index contributed by atoms with van der Waals surface area (Å²) < 4.78 is 7.50. The first-order valence-corrected chi connectivity index (χ1v) is 12.5. The molecule has 3 aromatic carbocycles. The SMILES string of the molecule is CN(C)CCCN(C(=O)c1cc2c(ccc3ccccc32)oc1=O)c1nc2ccc(Br)cc2s1. The normalized spacial score (nSPS) is 11.6. The number of nitrogens with zero attached hydrogens (tertiary/aromatic N) is 3. The van der Waals surface area contributed by atoms with E-state index in [2.05, 4.69) is 20.8 Å². The number of rotatable bonds is 6. The molecule has 172 valence electrons. The number of halogens is 1. The van der Waals surface area contributed by atoms with Gasteiger partial charge in [0.1, 0.15) is 11.1 Å². The number of fused-ring (bicyclic) bond motifs is 4. The van der Waals surface area contributed by atoms with Gasteiger partial charge in [0, 0.05) is 16.4 Å². The van der Waals surface area contributed by atoms with Crippen LogP contribution in [0, 0.1) is 0 Å². The van der Waals surface area contributed by atoms with Crippen molar-refractivity contribution in [3.05, 3.63) is 81.1 Å². The highest BCUT2D eigenvalue weighted by Gasteiger charge is 2.25. The molecule has 0 fully saturated rings. The Labute approximate surface area is 208 Å². The molecule has 0 saturated heterocycles. The fraction of sp³-hybridized carbons (Fsp3) is 0.192. The average Bonchev–Trinajstić information content (AvgIpc) is 3.23. The van der Waals surface area contributed by atoms with E-state index in [0.717, 1.165) is 43.8 Å². The van der Waals surface area contributed by atoms with Crippen molar-refractivity contribution in [3.63, 3.8) is 0 Å². The Morgan fingerprint density at radius 3 is 2.68 bits per heavy atom. The monoisotopic (exact) mass is 535 g/mol. The van der Waals surface area contributed by atoms with Crippen LogP contribution in [0.15, 0.2) is 74.3 Å². The van der Waals surface area contributed by atoms with Crippen molar-refractivity contribution >= 4 is 70.3 Å². The number of benzene rings is 3. The van der Waals surface area contributed by atoms with Crippen LogP contribution < -0.4 is 10.5 Å². The van der Waals surface area contributed by atoms with E-state index in [-0.39, 0.29) is 5.56 Å². The minimum absolute atomic E-state index is 0.00847. The average molecular weight is 536 g/mol. The lowest BCUT2D eigenvalue weighted by atomic mass is 10.0. The summed E-state index contributed by atoms with van der Waals surface area (Å²) >= 11 is 4.92. The van der Waals surface area contributed by atoms with Gasteiger partial charge in [-0.2, -0.15) is 0 Å². The smallest absolute Gasteiger partial charge is 0.349 e. The number of aromatic nitrogens is 1. The van der Waals surface area contributed by atoms with E-state index in [4.69, 9.17) is 9.40 Å². The quantitative estimate of drug-likeness (QED) is 0.199. The van der Waals surface area contributed by atoms with Crippen molar-refractivity contribution in [2.75, 3.05) is 32.1 Å². The second-order valence-corrected chi connectivity index (χ2v) is 10.3. The van der Waals surface area contributed by atoms with E-state index in [1.54, 1.807) is 17.0 Å². The largest absolute Gasteiger partial charge is 0.422 e. The zero-order valence-corrected chi connectivity index (χ0v) is 21.1. The van der Waals surface area contributed by atoms with Crippen LogP contribution in [-0.4, -0.2) is 43.0 Å². The van der Waals surface area contributed by atoms with E-state index < -0.39 is 11.5 Å². The lowest BCUT2D eigenvalue weighted by molar-refractivity contribution is 0.0982. The Morgan fingerprint density at radius 2 is 1.85 bits per heavy atom. The highest BCUT2D eigenvalue weighted by atomic mass is 79.9.